The summed E-state index contributed by atoms with van der Waals surface area (Å²) in [5.74, 6) is -1.59. The number of aromatic nitrogens is 1. The molecule has 0 unspecified atom stereocenters. The summed E-state index contributed by atoms with van der Waals surface area (Å²) in [6.07, 6.45) is 1.63. The topological polar surface area (TPSA) is 71.1 Å². The second kappa shape index (κ2) is 6.46. The van der Waals surface area contributed by atoms with Crippen molar-refractivity contribution in [2.24, 2.45) is 0 Å². The molecule has 0 saturated heterocycles. The molecule has 1 heterocycles. The van der Waals surface area contributed by atoms with Crippen molar-refractivity contribution in [3.8, 4) is 0 Å². The molecule has 0 aliphatic rings. The van der Waals surface area contributed by atoms with Gasteiger partial charge >= 0.3 is 11.8 Å². The van der Waals surface area contributed by atoms with Crippen LogP contribution in [0.1, 0.15) is 0 Å². The number of rotatable bonds is 2. The van der Waals surface area contributed by atoms with Crippen LogP contribution in [0.2, 0.25) is 5.02 Å². The second-order valence-electron chi connectivity index (χ2n) is 4.77. The number of para-hydroxylation sites is 2. The van der Waals surface area contributed by atoms with Gasteiger partial charge in [-0.3, -0.25) is 14.6 Å². The molecule has 0 atom stereocenters. The molecular formula is C17H12ClN3O2. The lowest BCUT2D eigenvalue weighted by Gasteiger charge is -2.09. The number of anilines is 2. The molecule has 0 spiro atoms. The summed E-state index contributed by atoms with van der Waals surface area (Å²) >= 11 is 5.95. The zero-order chi connectivity index (χ0) is 16.2. The number of hydrogen-bond acceptors (Lipinski definition) is 3. The van der Waals surface area contributed by atoms with Crippen LogP contribution in [0.5, 0.6) is 0 Å². The van der Waals surface area contributed by atoms with Gasteiger partial charge in [-0.1, -0.05) is 41.9 Å². The van der Waals surface area contributed by atoms with Gasteiger partial charge in [0.1, 0.15) is 0 Å². The maximum atomic E-state index is 12.1. The van der Waals surface area contributed by atoms with Crippen LogP contribution >= 0.6 is 11.6 Å². The van der Waals surface area contributed by atoms with Crippen LogP contribution in [-0.2, 0) is 9.59 Å². The molecule has 2 N–H and O–H groups in total. The highest BCUT2D eigenvalue weighted by molar-refractivity contribution is 6.45. The van der Waals surface area contributed by atoms with Gasteiger partial charge in [0.15, 0.2) is 0 Å². The van der Waals surface area contributed by atoms with E-state index in [1.165, 1.54) is 0 Å². The minimum Gasteiger partial charge on any atom is -0.316 e. The van der Waals surface area contributed by atoms with Gasteiger partial charge in [-0.2, -0.15) is 0 Å². The Labute approximate surface area is 137 Å². The number of pyridine rings is 1. The highest BCUT2D eigenvalue weighted by Gasteiger charge is 2.16. The molecule has 1 aromatic heterocycles. The number of amides is 2. The lowest BCUT2D eigenvalue weighted by atomic mass is 10.2. The number of halogens is 1. The lowest BCUT2D eigenvalue weighted by Crippen LogP contribution is -2.29. The molecule has 0 aliphatic heterocycles. The van der Waals surface area contributed by atoms with E-state index in [-0.39, 0.29) is 0 Å². The van der Waals surface area contributed by atoms with E-state index in [9.17, 15) is 9.59 Å². The molecule has 3 aromatic rings. The fraction of sp³-hybridized carbons (Fsp3) is 0. The molecular weight excluding hydrogens is 314 g/mol. The smallest absolute Gasteiger partial charge is 0.314 e. The number of carbonyl (C=O) groups excluding carboxylic acids is 2. The molecule has 2 aromatic carbocycles. The first kappa shape index (κ1) is 15.0. The third-order valence-electron chi connectivity index (χ3n) is 3.21. The number of hydrogen-bond donors (Lipinski definition) is 2. The van der Waals surface area contributed by atoms with E-state index in [1.54, 1.807) is 48.7 Å². The average molecular weight is 326 g/mol. The maximum absolute atomic E-state index is 12.1. The Morgan fingerprint density at radius 3 is 2.26 bits per heavy atom. The molecule has 114 valence electrons. The van der Waals surface area contributed by atoms with Crippen LogP contribution in [0.15, 0.2) is 60.8 Å². The van der Waals surface area contributed by atoms with E-state index in [1.807, 2.05) is 12.1 Å². The summed E-state index contributed by atoms with van der Waals surface area (Å²) in [7, 11) is 0. The summed E-state index contributed by atoms with van der Waals surface area (Å²) in [5.41, 5.74) is 1.47. The van der Waals surface area contributed by atoms with Gasteiger partial charge in [0, 0.05) is 11.6 Å². The molecule has 2 amide bonds. The normalized spacial score (nSPS) is 10.3. The third kappa shape index (κ3) is 3.30. The molecule has 0 bridgehead atoms. The quantitative estimate of drug-likeness (QED) is 0.709. The molecule has 0 saturated carbocycles. The third-order valence-corrected chi connectivity index (χ3v) is 3.54. The predicted octanol–water partition coefficient (Wildman–Crippen LogP) is 3.47. The first-order chi connectivity index (χ1) is 11.1. The number of nitrogens with zero attached hydrogens (tertiary/aromatic N) is 1. The highest BCUT2D eigenvalue weighted by Crippen LogP contribution is 2.22. The Bertz CT molecular complexity index is 890. The van der Waals surface area contributed by atoms with Crippen LogP contribution < -0.4 is 10.6 Å². The summed E-state index contributed by atoms with van der Waals surface area (Å²) < 4.78 is 0. The maximum Gasteiger partial charge on any atom is 0.314 e. The SMILES string of the molecule is O=C(Nc1ccccc1Cl)C(=O)Nc1cccc2cccnc12. The van der Waals surface area contributed by atoms with Crippen LogP contribution in [-0.4, -0.2) is 16.8 Å². The van der Waals surface area contributed by atoms with E-state index in [2.05, 4.69) is 15.6 Å². The van der Waals surface area contributed by atoms with E-state index >= 15 is 0 Å². The Morgan fingerprint density at radius 1 is 0.826 bits per heavy atom. The summed E-state index contributed by atoms with van der Waals surface area (Å²) in [6.45, 7) is 0. The van der Waals surface area contributed by atoms with Gasteiger partial charge < -0.3 is 10.6 Å². The lowest BCUT2D eigenvalue weighted by molar-refractivity contribution is -0.132. The van der Waals surface area contributed by atoms with E-state index in [0.29, 0.717) is 21.9 Å². The van der Waals surface area contributed by atoms with Crippen molar-refractivity contribution in [3.05, 3.63) is 65.8 Å². The van der Waals surface area contributed by atoms with Crippen molar-refractivity contribution in [2.45, 2.75) is 0 Å². The van der Waals surface area contributed by atoms with Crippen molar-refractivity contribution < 1.29 is 9.59 Å². The van der Waals surface area contributed by atoms with Crippen molar-refractivity contribution in [1.29, 1.82) is 0 Å². The Hall–Kier alpha value is -2.92. The standard InChI is InChI=1S/C17H12ClN3O2/c18-12-7-1-2-8-13(12)20-16(22)17(23)21-14-9-3-5-11-6-4-10-19-15(11)14/h1-10H,(H,20,22)(H,21,23). The Morgan fingerprint density at radius 2 is 1.48 bits per heavy atom. The first-order valence-electron chi connectivity index (χ1n) is 6.86. The summed E-state index contributed by atoms with van der Waals surface area (Å²) in [4.78, 5) is 28.3. The van der Waals surface area contributed by atoms with Gasteiger partial charge in [-0.05, 0) is 24.3 Å². The molecule has 3 rings (SSSR count). The molecule has 6 heteroatoms. The number of nitrogens with one attached hydrogen (secondary N) is 2. The van der Waals surface area contributed by atoms with Crippen LogP contribution in [0.4, 0.5) is 11.4 Å². The number of carbonyl (C=O) groups is 2. The van der Waals surface area contributed by atoms with Gasteiger partial charge in [0.2, 0.25) is 0 Å². The summed E-state index contributed by atoms with van der Waals surface area (Å²) in [6, 6.07) is 15.7. The molecule has 0 aliphatic carbocycles. The van der Waals surface area contributed by atoms with Gasteiger partial charge in [0.25, 0.3) is 0 Å². The Kier molecular flexibility index (Phi) is 4.21. The molecule has 0 fully saturated rings. The zero-order valence-electron chi connectivity index (χ0n) is 11.9. The van der Waals surface area contributed by atoms with E-state index in [4.69, 9.17) is 11.6 Å². The first-order valence-corrected chi connectivity index (χ1v) is 7.23. The van der Waals surface area contributed by atoms with Gasteiger partial charge in [-0.25, -0.2) is 0 Å². The molecule has 0 radical (unpaired) electrons. The average Bonchev–Trinajstić information content (AvgIpc) is 2.57. The predicted molar refractivity (Wildman–Crippen MR) is 90.5 cm³/mol. The number of fused-ring (bicyclic) bond motifs is 1. The second-order valence-corrected chi connectivity index (χ2v) is 5.18. The van der Waals surface area contributed by atoms with Gasteiger partial charge in [-0.15, -0.1) is 0 Å². The van der Waals surface area contributed by atoms with Crippen molar-refractivity contribution >= 4 is 45.7 Å². The highest BCUT2D eigenvalue weighted by atomic mass is 35.5. The fourth-order valence-corrected chi connectivity index (χ4v) is 2.31. The minimum absolute atomic E-state index is 0.362. The van der Waals surface area contributed by atoms with Crippen LogP contribution in [0.3, 0.4) is 0 Å². The summed E-state index contributed by atoms with van der Waals surface area (Å²) in [5, 5.41) is 6.28. The minimum atomic E-state index is -0.800. The van der Waals surface area contributed by atoms with Crippen LogP contribution in [0.25, 0.3) is 10.9 Å². The molecule has 23 heavy (non-hydrogen) atoms. The van der Waals surface area contributed by atoms with Gasteiger partial charge in [0.05, 0.1) is 21.9 Å². The fourth-order valence-electron chi connectivity index (χ4n) is 2.13. The molecule has 5 nitrogen and oxygen atoms in total. The monoisotopic (exact) mass is 325 g/mol. The largest absolute Gasteiger partial charge is 0.316 e. The Balaban J connectivity index is 1.78. The van der Waals surface area contributed by atoms with E-state index in [0.717, 1.165) is 5.39 Å². The number of benzene rings is 2. The van der Waals surface area contributed by atoms with Crippen molar-refractivity contribution in [1.82, 2.24) is 4.98 Å². The van der Waals surface area contributed by atoms with Crippen molar-refractivity contribution in [2.75, 3.05) is 10.6 Å². The van der Waals surface area contributed by atoms with E-state index < -0.39 is 11.8 Å². The zero-order valence-corrected chi connectivity index (χ0v) is 12.7. The van der Waals surface area contributed by atoms with Crippen LogP contribution in [0, 0.1) is 0 Å². The van der Waals surface area contributed by atoms with Crippen molar-refractivity contribution in [3.63, 3.8) is 0 Å².